The van der Waals surface area contributed by atoms with Crippen LogP contribution in [-0.4, -0.2) is 25.2 Å². The summed E-state index contributed by atoms with van der Waals surface area (Å²) in [5, 5.41) is 7.35. The second-order valence-electron chi connectivity index (χ2n) is 7.48. The zero-order valence-electron chi connectivity index (χ0n) is 17.8. The van der Waals surface area contributed by atoms with E-state index in [9.17, 15) is 9.59 Å². The average Bonchev–Trinajstić information content (AvgIpc) is 2.94. The Labute approximate surface area is 170 Å². The lowest BCUT2D eigenvalue weighted by Crippen LogP contribution is -2.34. The maximum absolute atomic E-state index is 13.1. The lowest BCUT2D eigenvalue weighted by atomic mass is 10.1. The normalized spacial score (nSPS) is 11.0. The molecular weight excluding hydrogens is 366 g/mol. The van der Waals surface area contributed by atoms with Gasteiger partial charge in [0.05, 0.1) is 11.4 Å². The van der Waals surface area contributed by atoms with Gasteiger partial charge in [-0.1, -0.05) is 13.0 Å². The van der Waals surface area contributed by atoms with Crippen molar-refractivity contribution in [1.29, 1.82) is 0 Å². The first-order chi connectivity index (χ1) is 13.7. The van der Waals surface area contributed by atoms with Gasteiger partial charge in [0, 0.05) is 16.9 Å². The summed E-state index contributed by atoms with van der Waals surface area (Å²) >= 11 is 0. The van der Waals surface area contributed by atoms with Crippen LogP contribution in [0.3, 0.4) is 0 Å². The first-order valence-electron chi connectivity index (χ1n) is 9.71. The SMILES string of the molecule is CCc1c(C)nc(-n2nc(C)cc2C)n(CC(=O)Nc2cc(C)cc(C)c2)c1=O. The lowest BCUT2D eigenvalue weighted by Gasteiger charge is -2.16. The molecule has 1 aromatic carbocycles. The van der Waals surface area contributed by atoms with Crippen LogP contribution in [0, 0.1) is 34.6 Å². The van der Waals surface area contributed by atoms with Gasteiger partial charge in [0.25, 0.3) is 5.56 Å². The van der Waals surface area contributed by atoms with Crippen molar-refractivity contribution in [2.75, 3.05) is 5.32 Å². The fraction of sp³-hybridized carbons (Fsp3) is 0.364. The van der Waals surface area contributed by atoms with Gasteiger partial charge < -0.3 is 5.32 Å². The minimum absolute atomic E-state index is 0.139. The van der Waals surface area contributed by atoms with Crippen molar-refractivity contribution in [3.63, 3.8) is 0 Å². The Bertz CT molecular complexity index is 1120. The van der Waals surface area contributed by atoms with E-state index in [-0.39, 0.29) is 18.0 Å². The summed E-state index contributed by atoms with van der Waals surface area (Å²) in [4.78, 5) is 30.5. The van der Waals surface area contributed by atoms with E-state index in [0.29, 0.717) is 29.3 Å². The molecule has 1 N–H and O–H groups in total. The van der Waals surface area contributed by atoms with Crippen LogP contribution >= 0.6 is 0 Å². The molecule has 0 fully saturated rings. The Kier molecular flexibility index (Phi) is 5.68. The zero-order chi connectivity index (χ0) is 21.3. The van der Waals surface area contributed by atoms with Gasteiger partial charge in [0.2, 0.25) is 11.9 Å². The van der Waals surface area contributed by atoms with Crippen molar-refractivity contribution in [2.24, 2.45) is 0 Å². The van der Waals surface area contributed by atoms with Crippen molar-refractivity contribution in [3.05, 3.63) is 68.4 Å². The van der Waals surface area contributed by atoms with E-state index in [1.165, 1.54) is 4.57 Å². The summed E-state index contributed by atoms with van der Waals surface area (Å²) in [5.41, 5.74) is 5.56. The number of nitrogens with zero attached hydrogens (tertiary/aromatic N) is 4. The van der Waals surface area contributed by atoms with Crippen LogP contribution in [0.5, 0.6) is 0 Å². The van der Waals surface area contributed by atoms with E-state index >= 15 is 0 Å². The molecule has 2 heterocycles. The quantitative estimate of drug-likeness (QED) is 0.722. The first-order valence-corrected chi connectivity index (χ1v) is 9.71. The summed E-state index contributed by atoms with van der Waals surface area (Å²) in [6.45, 7) is 11.3. The molecule has 7 heteroatoms. The highest BCUT2D eigenvalue weighted by atomic mass is 16.2. The van der Waals surface area contributed by atoms with Crippen LogP contribution in [0.25, 0.3) is 5.95 Å². The van der Waals surface area contributed by atoms with Crippen LogP contribution in [-0.2, 0) is 17.8 Å². The number of carbonyl (C=O) groups is 1. The molecular formula is C22H27N5O2. The molecule has 0 saturated heterocycles. The average molecular weight is 393 g/mol. The van der Waals surface area contributed by atoms with Crippen LogP contribution in [0.1, 0.15) is 40.7 Å². The van der Waals surface area contributed by atoms with Gasteiger partial charge in [-0.3, -0.25) is 14.2 Å². The van der Waals surface area contributed by atoms with Gasteiger partial charge in [-0.15, -0.1) is 0 Å². The van der Waals surface area contributed by atoms with Crippen LogP contribution < -0.4 is 10.9 Å². The molecule has 0 atom stereocenters. The predicted molar refractivity (Wildman–Crippen MR) is 114 cm³/mol. The summed E-state index contributed by atoms with van der Waals surface area (Å²) in [5.74, 6) is 0.0680. The Balaban J connectivity index is 2.04. The molecule has 0 spiro atoms. The summed E-state index contributed by atoms with van der Waals surface area (Å²) in [7, 11) is 0. The number of hydrogen-bond donors (Lipinski definition) is 1. The molecule has 2 aromatic heterocycles. The number of hydrogen-bond acceptors (Lipinski definition) is 4. The molecule has 3 rings (SSSR count). The topological polar surface area (TPSA) is 81.8 Å². The van der Waals surface area contributed by atoms with Gasteiger partial charge in [0.15, 0.2) is 0 Å². The van der Waals surface area contributed by atoms with Gasteiger partial charge in [-0.25, -0.2) is 9.67 Å². The van der Waals surface area contributed by atoms with Crippen molar-refractivity contribution in [2.45, 2.75) is 54.5 Å². The molecule has 3 aromatic rings. The highest BCUT2D eigenvalue weighted by Gasteiger charge is 2.19. The first kappa shape index (κ1) is 20.5. The Morgan fingerprint density at radius 3 is 2.24 bits per heavy atom. The number of amides is 1. The standard InChI is InChI=1S/C22H27N5O2/c1-7-19-17(6)23-22(27-16(5)11-15(4)25-27)26(21(19)29)12-20(28)24-18-9-13(2)8-14(3)10-18/h8-11H,7,12H2,1-6H3,(H,24,28). The van der Waals surface area contributed by atoms with Gasteiger partial charge in [-0.05, 0) is 70.4 Å². The largest absolute Gasteiger partial charge is 0.325 e. The Morgan fingerprint density at radius 1 is 1.03 bits per heavy atom. The maximum atomic E-state index is 13.1. The molecule has 0 aliphatic rings. The van der Waals surface area contributed by atoms with Crippen molar-refractivity contribution in [3.8, 4) is 5.95 Å². The minimum atomic E-state index is -0.285. The molecule has 0 aliphatic carbocycles. The molecule has 0 radical (unpaired) electrons. The number of benzene rings is 1. The van der Waals surface area contributed by atoms with Crippen LogP contribution in [0.15, 0.2) is 29.1 Å². The van der Waals surface area contributed by atoms with Gasteiger partial charge in [0.1, 0.15) is 6.54 Å². The monoisotopic (exact) mass is 393 g/mol. The number of aromatic nitrogens is 4. The van der Waals surface area contributed by atoms with Crippen molar-refractivity contribution >= 4 is 11.6 Å². The summed E-state index contributed by atoms with van der Waals surface area (Å²) in [6.07, 6.45) is 0.549. The van der Waals surface area contributed by atoms with E-state index in [0.717, 1.165) is 22.5 Å². The molecule has 0 unspecified atom stereocenters. The number of carbonyl (C=O) groups excluding carboxylic acids is 1. The predicted octanol–water partition coefficient (Wildman–Crippen LogP) is 3.17. The molecule has 29 heavy (non-hydrogen) atoms. The minimum Gasteiger partial charge on any atom is -0.325 e. The number of rotatable bonds is 5. The fourth-order valence-electron chi connectivity index (χ4n) is 3.62. The third kappa shape index (κ3) is 4.29. The molecule has 0 saturated carbocycles. The van der Waals surface area contributed by atoms with E-state index in [2.05, 4.69) is 15.4 Å². The Morgan fingerprint density at radius 2 is 1.69 bits per heavy atom. The highest BCUT2D eigenvalue weighted by molar-refractivity contribution is 5.90. The summed E-state index contributed by atoms with van der Waals surface area (Å²) in [6, 6.07) is 7.76. The third-order valence-electron chi connectivity index (χ3n) is 4.81. The number of nitrogens with one attached hydrogen (secondary N) is 1. The lowest BCUT2D eigenvalue weighted by molar-refractivity contribution is -0.116. The maximum Gasteiger partial charge on any atom is 0.258 e. The molecule has 7 nitrogen and oxygen atoms in total. The molecule has 0 aliphatic heterocycles. The van der Waals surface area contributed by atoms with Crippen molar-refractivity contribution in [1.82, 2.24) is 19.3 Å². The summed E-state index contributed by atoms with van der Waals surface area (Å²) < 4.78 is 3.02. The van der Waals surface area contributed by atoms with Crippen LogP contribution in [0.2, 0.25) is 0 Å². The van der Waals surface area contributed by atoms with Gasteiger partial charge in [-0.2, -0.15) is 5.10 Å². The molecule has 1 amide bonds. The smallest absolute Gasteiger partial charge is 0.258 e. The van der Waals surface area contributed by atoms with Crippen LogP contribution in [0.4, 0.5) is 5.69 Å². The number of aryl methyl sites for hydroxylation is 5. The molecule has 0 bridgehead atoms. The second kappa shape index (κ2) is 8.03. The Hall–Kier alpha value is -3.22. The molecule has 152 valence electrons. The zero-order valence-corrected chi connectivity index (χ0v) is 17.8. The fourth-order valence-corrected chi connectivity index (χ4v) is 3.62. The second-order valence-corrected chi connectivity index (χ2v) is 7.48. The van der Waals surface area contributed by atoms with Crippen molar-refractivity contribution < 1.29 is 4.79 Å². The van der Waals surface area contributed by atoms with E-state index < -0.39 is 0 Å². The van der Waals surface area contributed by atoms with E-state index in [1.807, 2.05) is 65.8 Å². The highest BCUT2D eigenvalue weighted by Crippen LogP contribution is 2.15. The number of anilines is 1. The third-order valence-corrected chi connectivity index (χ3v) is 4.81. The van der Waals surface area contributed by atoms with E-state index in [4.69, 9.17) is 0 Å². The van der Waals surface area contributed by atoms with E-state index in [1.54, 1.807) is 4.68 Å². The van der Waals surface area contributed by atoms with Gasteiger partial charge >= 0.3 is 0 Å².